The van der Waals surface area contributed by atoms with Gasteiger partial charge in [-0.15, -0.1) is 0 Å². The summed E-state index contributed by atoms with van der Waals surface area (Å²) in [4.78, 5) is 13.2. The van der Waals surface area contributed by atoms with Gasteiger partial charge in [-0.1, -0.05) is 23.7 Å². The largest absolute Gasteiger partial charge is 0.488 e. The Labute approximate surface area is 86.0 Å². The number of benzene rings is 1. The summed E-state index contributed by atoms with van der Waals surface area (Å²) < 4.78 is 0. The van der Waals surface area contributed by atoms with Crippen molar-refractivity contribution < 1.29 is 14.8 Å². The van der Waals surface area contributed by atoms with Gasteiger partial charge in [-0.3, -0.25) is 0 Å². The zero-order valence-electron chi connectivity index (χ0n) is 7.14. The molecule has 0 spiro atoms. The molecule has 0 aliphatic carbocycles. The predicted molar refractivity (Wildman–Crippen MR) is 53.1 cm³/mol. The SMILES string of the molecule is O=C=NCc1ccc(B(O)O)cc1Cl. The highest BCUT2D eigenvalue weighted by atomic mass is 35.5. The molecule has 0 aromatic heterocycles. The number of carbonyl (C=O) groups excluding carboxylic acids is 1. The Hall–Kier alpha value is -1.13. The molecule has 0 saturated heterocycles. The van der Waals surface area contributed by atoms with Crippen molar-refractivity contribution in [3.05, 3.63) is 28.8 Å². The first kappa shape index (κ1) is 11.0. The van der Waals surface area contributed by atoms with Gasteiger partial charge in [0, 0.05) is 5.02 Å². The van der Waals surface area contributed by atoms with Crippen LogP contribution in [0.1, 0.15) is 5.56 Å². The summed E-state index contributed by atoms with van der Waals surface area (Å²) in [5.74, 6) is 0. The van der Waals surface area contributed by atoms with Crippen LogP contribution < -0.4 is 5.46 Å². The Morgan fingerprint density at radius 2 is 2.21 bits per heavy atom. The van der Waals surface area contributed by atoms with E-state index in [0.29, 0.717) is 16.0 Å². The molecule has 0 bridgehead atoms. The van der Waals surface area contributed by atoms with Gasteiger partial charge in [-0.25, -0.2) is 9.79 Å². The zero-order chi connectivity index (χ0) is 10.6. The van der Waals surface area contributed by atoms with E-state index in [1.54, 1.807) is 6.07 Å². The molecule has 0 unspecified atom stereocenters. The molecule has 0 radical (unpaired) electrons. The number of hydrogen-bond acceptors (Lipinski definition) is 4. The zero-order valence-corrected chi connectivity index (χ0v) is 7.90. The number of nitrogens with zero attached hydrogens (tertiary/aromatic N) is 1. The average Bonchev–Trinajstić information content (AvgIpc) is 2.15. The molecular weight excluding hydrogens is 204 g/mol. The second-order valence-electron chi connectivity index (χ2n) is 2.63. The van der Waals surface area contributed by atoms with Crippen molar-refractivity contribution in [3.63, 3.8) is 0 Å². The smallest absolute Gasteiger partial charge is 0.423 e. The van der Waals surface area contributed by atoms with Crippen LogP contribution >= 0.6 is 11.6 Å². The minimum atomic E-state index is -1.55. The van der Waals surface area contributed by atoms with Crippen LogP contribution in [0.15, 0.2) is 23.2 Å². The lowest BCUT2D eigenvalue weighted by Crippen LogP contribution is -2.29. The van der Waals surface area contributed by atoms with Crippen LogP contribution in [-0.2, 0) is 11.3 Å². The third-order valence-electron chi connectivity index (χ3n) is 1.69. The molecule has 0 aliphatic rings. The standard InChI is InChI=1S/C8H7BClNO3/c10-8-3-7(9(13)14)2-1-6(8)4-11-5-12/h1-3,13-14H,4H2. The van der Waals surface area contributed by atoms with Crippen LogP contribution in [-0.4, -0.2) is 23.2 Å². The maximum absolute atomic E-state index is 9.85. The van der Waals surface area contributed by atoms with Crippen molar-refractivity contribution in [1.29, 1.82) is 0 Å². The van der Waals surface area contributed by atoms with E-state index >= 15 is 0 Å². The van der Waals surface area contributed by atoms with Crippen LogP contribution in [0.4, 0.5) is 0 Å². The first-order valence-corrected chi connectivity index (χ1v) is 4.21. The van der Waals surface area contributed by atoms with Crippen molar-refractivity contribution in [1.82, 2.24) is 0 Å². The average molecular weight is 211 g/mol. The van der Waals surface area contributed by atoms with Gasteiger partial charge in [0.25, 0.3) is 0 Å². The van der Waals surface area contributed by atoms with Crippen molar-refractivity contribution in [3.8, 4) is 0 Å². The van der Waals surface area contributed by atoms with Gasteiger partial charge in [0.15, 0.2) is 0 Å². The molecular formula is C8H7BClNO3. The van der Waals surface area contributed by atoms with Gasteiger partial charge < -0.3 is 10.0 Å². The highest BCUT2D eigenvalue weighted by Gasteiger charge is 2.12. The van der Waals surface area contributed by atoms with Gasteiger partial charge in [-0.2, -0.15) is 0 Å². The number of aliphatic imine (C=N–C) groups is 1. The van der Waals surface area contributed by atoms with Crippen LogP contribution in [0.25, 0.3) is 0 Å². The minimum Gasteiger partial charge on any atom is -0.423 e. The van der Waals surface area contributed by atoms with Gasteiger partial charge in [0.2, 0.25) is 6.08 Å². The van der Waals surface area contributed by atoms with Crippen molar-refractivity contribution in [2.24, 2.45) is 4.99 Å². The molecule has 4 nitrogen and oxygen atoms in total. The quantitative estimate of drug-likeness (QED) is 0.415. The second kappa shape index (κ2) is 4.93. The Morgan fingerprint density at radius 1 is 1.50 bits per heavy atom. The molecule has 1 rings (SSSR count). The molecule has 72 valence electrons. The molecule has 0 fully saturated rings. The number of halogens is 1. The summed E-state index contributed by atoms with van der Waals surface area (Å²) >= 11 is 5.80. The predicted octanol–water partition coefficient (Wildman–Crippen LogP) is -0.144. The van der Waals surface area contributed by atoms with Crippen LogP contribution in [0, 0.1) is 0 Å². The first-order valence-electron chi connectivity index (χ1n) is 3.83. The maximum atomic E-state index is 9.85. The minimum absolute atomic E-state index is 0.143. The lowest BCUT2D eigenvalue weighted by molar-refractivity contribution is 0.426. The van der Waals surface area contributed by atoms with E-state index in [-0.39, 0.29) is 6.54 Å². The summed E-state index contributed by atoms with van der Waals surface area (Å²) in [7, 11) is -1.55. The van der Waals surface area contributed by atoms with E-state index in [0.717, 1.165) is 0 Å². The molecule has 2 N–H and O–H groups in total. The Bertz CT molecular complexity index is 377. The van der Waals surface area contributed by atoms with Gasteiger partial charge >= 0.3 is 7.12 Å². The monoisotopic (exact) mass is 211 g/mol. The lowest BCUT2D eigenvalue weighted by atomic mass is 9.80. The van der Waals surface area contributed by atoms with E-state index in [1.165, 1.54) is 18.2 Å². The summed E-state index contributed by atoms with van der Waals surface area (Å²) in [5, 5.41) is 18.0. The van der Waals surface area contributed by atoms with E-state index in [9.17, 15) is 4.79 Å². The van der Waals surface area contributed by atoms with Crippen molar-refractivity contribution in [2.75, 3.05) is 0 Å². The highest BCUT2D eigenvalue weighted by Crippen LogP contribution is 2.14. The Kier molecular flexibility index (Phi) is 3.86. The van der Waals surface area contributed by atoms with Crippen molar-refractivity contribution in [2.45, 2.75) is 6.54 Å². The molecule has 0 heterocycles. The molecule has 1 aromatic carbocycles. The summed E-state index contributed by atoms with van der Waals surface area (Å²) in [6, 6.07) is 4.51. The third kappa shape index (κ3) is 2.68. The van der Waals surface area contributed by atoms with Gasteiger partial charge in [-0.05, 0) is 17.1 Å². The fourth-order valence-electron chi connectivity index (χ4n) is 0.970. The Morgan fingerprint density at radius 3 is 2.71 bits per heavy atom. The summed E-state index contributed by atoms with van der Waals surface area (Å²) in [6.07, 6.45) is 1.40. The van der Waals surface area contributed by atoms with Crippen molar-refractivity contribution >= 4 is 30.3 Å². The van der Waals surface area contributed by atoms with Crippen LogP contribution in [0.2, 0.25) is 5.02 Å². The molecule has 14 heavy (non-hydrogen) atoms. The van der Waals surface area contributed by atoms with E-state index in [1.807, 2.05) is 0 Å². The molecule has 0 aliphatic heterocycles. The number of hydrogen-bond donors (Lipinski definition) is 2. The third-order valence-corrected chi connectivity index (χ3v) is 2.04. The van der Waals surface area contributed by atoms with E-state index in [2.05, 4.69) is 4.99 Å². The maximum Gasteiger partial charge on any atom is 0.488 e. The fourth-order valence-corrected chi connectivity index (χ4v) is 1.22. The lowest BCUT2D eigenvalue weighted by Gasteiger charge is -2.03. The topological polar surface area (TPSA) is 69.9 Å². The van der Waals surface area contributed by atoms with Crippen LogP contribution in [0.3, 0.4) is 0 Å². The van der Waals surface area contributed by atoms with Gasteiger partial charge in [0.05, 0.1) is 6.54 Å². The highest BCUT2D eigenvalue weighted by molar-refractivity contribution is 6.59. The molecule has 0 saturated carbocycles. The summed E-state index contributed by atoms with van der Waals surface area (Å²) in [6.45, 7) is 0.143. The first-order chi connectivity index (χ1) is 6.65. The molecule has 6 heteroatoms. The molecule has 0 atom stereocenters. The Balaban J connectivity index is 2.95. The number of rotatable bonds is 3. The summed E-state index contributed by atoms with van der Waals surface area (Å²) in [5.41, 5.74) is 0.938. The fraction of sp³-hybridized carbons (Fsp3) is 0.125. The normalized spacial score (nSPS) is 9.36. The van der Waals surface area contributed by atoms with Crippen LogP contribution in [0.5, 0.6) is 0 Å². The van der Waals surface area contributed by atoms with E-state index in [4.69, 9.17) is 21.6 Å². The molecule has 0 amide bonds. The molecule has 1 aromatic rings. The van der Waals surface area contributed by atoms with Gasteiger partial charge in [0.1, 0.15) is 0 Å². The van der Waals surface area contributed by atoms with E-state index < -0.39 is 7.12 Å². The second-order valence-corrected chi connectivity index (χ2v) is 3.04. The number of isocyanates is 1.